The smallest absolute Gasteiger partial charge is 0.272 e. The summed E-state index contributed by atoms with van der Waals surface area (Å²) >= 11 is 0. The van der Waals surface area contributed by atoms with Crippen molar-refractivity contribution in [3.05, 3.63) is 59.2 Å². The van der Waals surface area contributed by atoms with Crippen LogP contribution in [0.4, 0.5) is 5.69 Å². The van der Waals surface area contributed by atoms with Crippen molar-refractivity contribution in [3.63, 3.8) is 0 Å². The Hall–Kier alpha value is -3.44. The van der Waals surface area contributed by atoms with Crippen LogP contribution in [0.1, 0.15) is 42.2 Å². The standard InChI is InChI=1S/C22H27N5O3/c1-3-10-27(11-12-28)22(30)19-13-18(25-9-8-23)17(14-26-19)21(24)15(2)16-6-4-5-7-20(16)29/h6-7,13-14,24,28-29H,2-5,9-12H2,1H3,(H,25,26). The SMILES string of the molecule is C=C(C(=N)c1cnc(C(=O)N(CCC)CCO)cc1NCC#N)C1=CCCC=C1O. The van der Waals surface area contributed by atoms with Crippen molar-refractivity contribution in [2.45, 2.75) is 26.2 Å². The van der Waals surface area contributed by atoms with Crippen LogP contribution in [0, 0.1) is 16.7 Å². The number of nitrogens with zero attached hydrogens (tertiary/aromatic N) is 3. The van der Waals surface area contributed by atoms with Crippen LogP contribution in [-0.2, 0) is 0 Å². The van der Waals surface area contributed by atoms with Crippen LogP contribution in [0.3, 0.4) is 0 Å². The summed E-state index contributed by atoms with van der Waals surface area (Å²) in [6.07, 6.45) is 7.12. The minimum Gasteiger partial charge on any atom is -0.508 e. The van der Waals surface area contributed by atoms with Crippen molar-refractivity contribution in [2.75, 3.05) is 31.6 Å². The lowest BCUT2D eigenvalue weighted by atomic mass is 9.92. The maximum Gasteiger partial charge on any atom is 0.272 e. The number of aromatic nitrogens is 1. The summed E-state index contributed by atoms with van der Waals surface area (Å²) in [6, 6.07) is 3.48. The van der Waals surface area contributed by atoms with Crippen molar-refractivity contribution >= 4 is 17.3 Å². The molecule has 1 amide bonds. The number of carbonyl (C=O) groups excluding carboxylic acids is 1. The molecule has 2 rings (SSSR count). The minimum atomic E-state index is -0.335. The molecule has 0 aromatic carbocycles. The first kappa shape index (κ1) is 22.8. The Balaban J connectivity index is 2.38. The molecule has 30 heavy (non-hydrogen) atoms. The molecular weight excluding hydrogens is 382 g/mol. The fourth-order valence-electron chi connectivity index (χ4n) is 3.16. The average molecular weight is 409 g/mol. The normalized spacial score (nSPS) is 13.0. The van der Waals surface area contributed by atoms with Gasteiger partial charge in [-0.05, 0) is 31.4 Å². The van der Waals surface area contributed by atoms with Gasteiger partial charge >= 0.3 is 0 Å². The number of pyridine rings is 1. The predicted molar refractivity (Wildman–Crippen MR) is 116 cm³/mol. The summed E-state index contributed by atoms with van der Waals surface area (Å²) in [4.78, 5) is 18.5. The van der Waals surface area contributed by atoms with E-state index in [1.165, 1.54) is 17.2 Å². The highest BCUT2D eigenvalue weighted by Gasteiger charge is 2.22. The van der Waals surface area contributed by atoms with Gasteiger partial charge in [-0.2, -0.15) is 5.26 Å². The second kappa shape index (κ2) is 10.9. The lowest BCUT2D eigenvalue weighted by Crippen LogP contribution is -2.34. The van der Waals surface area contributed by atoms with Gasteiger partial charge in [0.25, 0.3) is 5.91 Å². The zero-order chi connectivity index (χ0) is 22.1. The van der Waals surface area contributed by atoms with E-state index in [9.17, 15) is 15.0 Å². The number of aliphatic hydroxyl groups is 2. The fraction of sp³-hybridized carbons (Fsp3) is 0.364. The molecule has 0 radical (unpaired) electrons. The van der Waals surface area contributed by atoms with E-state index in [4.69, 9.17) is 10.7 Å². The van der Waals surface area contributed by atoms with Gasteiger partial charge < -0.3 is 20.4 Å². The molecule has 1 aromatic heterocycles. The third kappa shape index (κ3) is 5.33. The second-order valence-electron chi connectivity index (χ2n) is 6.78. The highest BCUT2D eigenvalue weighted by Crippen LogP contribution is 2.28. The molecule has 0 saturated carbocycles. The molecule has 1 aromatic rings. The van der Waals surface area contributed by atoms with E-state index < -0.39 is 0 Å². The first-order chi connectivity index (χ1) is 14.4. The third-order valence-corrected chi connectivity index (χ3v) is 4.66. The summed E-state index contributed by atoms with van der Waals surface area (Å²) in [7, 11) is 0. The quantitative estimate of drug-likeness (QED) is 0.347. The summed E-state index contributed by atoms with van der Waals surface area (Å²) in [5.74, 6) is -0.250. The number of nitrogens with one attached hydrogen (secondary N) is 2. The molecule has 0 atom stereocenters. The predicted octanol–water partition coefficient (Wildman–Crippen LogP) is 2.95. The number of anilines is 1. The molecule has 0 saturated heterocycles. The Bertz CT molecular complexity index is 921. The van der Waals surface area contributed by atoms with E-state index in [0.29, 0.717) is 28.9 Å². The third-order valence-electron chi connectivity index (χ3n) is 4.66. The Morgan fingerprint density at radius 1 is 1.40 bits per heavy atom. The average Bonchev–Trinajstić information content (AvgIpc) is 2.76. The maximum absolute atomic E-state index is 12.8. The molecule has 1 heterocycles. The van der Waals surface area contributed by atoms with Crippen LogP contribution in [0.15, 0.2) is 47.9 Å². The number of aliphatic hydroxyl groups excluding tert-OH is 2. The summed E-state index contributed by atoms with van der Waals surface area (Å²) in [6.45, 7) is 6.39. The molecule has 0 unspecified atom stereocenters. The van der Waals surface area contributed by atoms with E-state index in [1.54, 1.807) is 6.08 Å². The molecule has 4 N–H and O–H groups in total. The zero-order valence-electron chi connectivity index (χ0n) is 17.1. The summed E-state index contributed by atoms with van der Waals surface area (Å²) < 4.78 is 0. The van der Waals surface area contributed by atoms with Gasteiger partial charge in [0, 0.05) is 41.7 Å². The molecule has 1 aliphatic rings. The van der Waals surface area contributed by atoms with E-state index in [1.807, 2.05) is 19.1 Å². The van der Waals surface area contributed by atoms with Gasteiger partial charge in [-0.3, -0.25) is 15.2 Å². The fourth-order valence-corrected chi connectivity index (χ4v) is 3.16. The van der Waals surface area contributed by atoms with Crippen LogP contribution in [0.5, 0.6) is 0 Å². The Kier molecular flexibility index (Phi) is 8.32. The van der Waals surface area contributed by atoms with Gasteiger partial charge in [-0.1, -0.05) is 19.6 Å². The van der Waals surface area contributed by atoms with Gasteiger partial charge in [0.15, 0.2) is 0 Å². The molecule has 0 spiro atoms. The van der Waals surface area contributed by atoms with Crippen molar-refractivity contribution in [2.24, 2.45) is 0 Å². The number of nitriles is 1. The summed E-state index contributed by atoms with van der Waals surface area (Å²) in [5.41, 5.74) is 1.79. The number of allylic oxidation sites excluding steroid dienone is 3. The van der Waals surface area contributed by atoms with Crippen LogP contribution >= 0.6 is 0 Å². The van der Waals surface area contributed by atoms with Gasteiger partial charge in [0.1, 0.15) is 18.0 Å². The molecule has 0 bridgehead atoms. The number of hydrogen-bond donors (Lipinski definition) is 4. The monoisotopic (exact) mass is 409 g/mol. The molecule has 158 valence electrons. The molecule has 8 nitrogen and oxygen atoms in total. The van der Waals surface area contributed by atoms with E-state index in [0.717, 1.165) is 19.3 Å². The van der Waals surface area contributed by atoms with Crippen molar-refractivity contribution in [1.82, 2.24) is 9.88 Å². The maximum atomic E-state index is 12.8. The van der Waals surface area contributed by atoms with Gasteiger partial charge in [-0.15, -0.1) is 0 Å². The number of rotatable bonds is 10. The topological polar surface area (TPSA) is 133 Å². The largest absolute Gasteiger partial charge is 0.508 e. The first-order valence-corrected chi connectivity index (χ1v) is 9.83. The van der Waals surface area contributed by atoms with Gasteiger partial charge in [0.05, 0.1) is 18.4 Å². The zero-order valence-corrected chi connectivity index (χ0v) is 17.1. The van der Waals surface area contributed by atoms with Gasteiger partial charge in [0.2, 0.25) is 0 Å². The van der Waals surface area contributed by atoms with E-state index in [2.05, 4.69) is 16.9 Å². The second-order valence-corrected chi connectivity index (χ2v) is 6.78. The molecule has 8 heteroatoms. The Morgan fingerprint density at radius 3 is 2.77 bits per heavy atom. The highest BCUT2D eigenvalue weighted by atomic mass is 16.3. The van der Waals surface area contributed by atoms with Crippen LogP contribution in [0.25, 0.3) is 0 Å². The van der Waals surface area contributed by atoms with E-state index >= 15 is 0 Å². The highest BCUT2D eigenvalue weighted by molar-refractivity contribution is 6.16. The lowest BCUT2D eigenvalue weighted by molar-refractivity contribution is 0.0716. The van der Waals surface area contributed by atoms with Crippen molar-refractivity contribution in [1.29, 1.82) is 10.7 Å². The lowest BCUT2D eigenvalue weighted by Gasteiger charge is -2.22. The number of carbonyl (C=O) groups is 1. The number of hydrogen-bond acceptors (Lipinski definition) is 7. The van der Waals surface area contributed by atoms with Crippen LogP contribution in [-0.4, -0.2) is 58.0 Å². The first-order valence-electron chi connectivity index (χ1n) is 9.83. The van der Waals surface area contributed by atoms with Gasteiger partial charge in [-0.25, -0.2) is 0 Å². The molecular formula is C22H27N5O3. The molecule has 0 fully saturated rings. The van der Waals surface area contributed by atoms with Crippen molar-refractivity contribution in [3.8, 4) is 6.07 Å². The van der Waals surface area contributed by atoms with Crippen LogP contribution in [0.2, 0.25) is 0 Å². The molecule has 0 aliphatic heterocycles. The Labute approximate surface area is 176 Å². The minimum absolute atomic E-state index is 0.0203. The molecule has 1 aliphatic carbocycles. The van der Waals surface area contributed by atoms with Crippen molar-refractivity contribution < 1.29 is 15.0 Å². The summed E-state index contributed by atoms with van der Waals surface area (Å²) in [5, 5.41) is 39.8. The number of amides is 1. The Morgan fingerprint density at radius 2 is 2.13 bits per heavy atom. The van der Waals surface area contributed by atoms with E-state index in [-0.39, 0.29) is 42.8 Å². The van der Waals surface area contributed by atoms with Crippen LogP contribution < -0.4 is 5.32 Å².